The number of nitrogens with zero attached hydrogens (tertiary/aromatic N) is 2. The quantitative estimate of drug-likeness (QED) is 0.373. The number of hydrogen-bond donors (Lipinski definition) is 2. The molecule has 2 atom stereocenters. The number of rotatable bonds is 6. The highest BCUT2D eigenvalue weighted by molar-refractivity contribution is 14.0. The van der Waals surface area contributed by atoms with Gasteiger partial charge in [-0.2, -0.15) is 11.8 Å². The van der Waals surface area contributed by atoms with Crippen LogP contribution < -0.4 is 10.6 Å². The van der Waals surface area contributed by atoms with Gasteiger partial charge in [-0.3, -0.25) is 9.89 Å². The molecule has 2 aliphatic heterocycles. The van der Waals surface area contributed by atoms with Crippen LogP contribution in [0.25, 0.3) is 0 Å². The van der Waals surface area contributed by atoms with Gasteiger partial charge in [0.25, 0.3) is 0 Å². The Morgan fingerprint density at radius 1 is 1.32 bits per heavy atom. The van der Waals surface area contributed by atoms with Crippen molar-refractivity contribution in [2.24, 2.45) is 4.99 Å². The number of nitrogens with one attached hydrogen (secondary N) is 2. The molecule has 0 radical (unpaired) electrons. The molecule has 2 N–H and O–H groups in total. The SMILES string of the molecule is CN=C(NCC1CCCS1)NCC(c1ccco1)N1CCCCC1.I. The average molecular weight is 478 g/mol. The van der Waals surface area contributed by atoms with E-state index in [1.807, 2.05) is 13.1 Å². The van der Waals surface area contributed by atoms with E-state index in [1.54, 1.807) is 6.26 Å². The van der Waals surface area contributed by atoms with Gasteiger partial charge >= 0.3 is 0 Å². The first-order valence-electron chi connectivity index (χ1n) is 9.20. The lowest BCUT2D eigenvalue weighted by Crippen LogP contribution is -2.45. The molecule has 3 rings (SSSR count). The third-order valence-corrected chi connectivity index (χ3v) is 6.31. The third-order valence-electron chi connectivity index (χ3n) is 4.91. The van der Waals surface area contributed by atoms with Crippen LogP contribution >= 0.6 is 35.7 Å². The Kier molecular flexibility index (Phi) is 9.47. The van der Waals surface area contributed by atoms with Gasteiger partial charge in [0.2, 0.25) is 0 Å². The minimum Gasteiger partial charge on any atom is -0.468 e. The summed E-state index contributed by atoms with van der Waals surface area (Å²) in [5.74, 6) is 3.25. The summed E-state index contributed by atoms with van der Waals surface area (Å²) in [5.41, 5.74) is 0. The zero-order valence-electron chi connectivity index (χ0n) is 15.1. The fraction of sp³-hybridized carbons (Fsp3) is 0.722. The van der Waals surface area contributed by atoms with Crippen molar-refractivity contribution < 1.29 is 4.42 Å². The molecule has 0 aliphatic carbocycles. The average Bonchev–Trinajstić information content (AvgIpc) is 3.32. The van der Waals surface area contributed by atoms with Crippen LogP contribution in [0, 0.1) is 0 Å². The van der Waals surface area contributed by atoms with E-state index in [2.05, 4.69) is 38.4 Å². The van der Waals surface area contributed by atoms with E-state index in [-0.39, 0.29) is 30.0 Å². The lowest BCUT2D eigenvalue weighted by molar-refractivity contribution is 0.146. The molecule has 0 spiro atoms. The summed E-state index contributed by atoms with van der Waals surface area (Å²) < 4.78 is 5.71. The van der Waals surface area contributed by atoms with Crippen molar-refractivity contribution in [2.75, 3.05) is 39.0 Å². The molecule has 2 unspecified atom stereocenters. The third kappa shape index (κ3) is 6.36. The zero-order valence-corrected chi connectivity index (χ0v) is 18.2. The van der Waals surface area contributed by atoms with Gasteiger partial charge < -0.3 is 15.1 Å². The van der Waals surface area contributed by atoms with Crippen molar-refractivity contribution in [3.63, 3.8) is 0 Å². The predicted molar refractivity (Wildman–Crippen MR) is 117 cm³/mol. The van der Waals surface area contributed by atoms with E-state index in [4.69, 9.17) is 4.42 Å². The van der Waals surface area contributed by atoms with Gasteiger partial charge in [0.15, 0.2) is 5.96 Å². The van der Waals surface area contributed by atoms with Gasteiger partial charge in [-0.25, -0.2) is 0 Å². The van der Waals surface area contributed by atoms with Crippen molar-refractivity contribution in [2.45, 2.75) is 43.4 Å². The normalized spacial score (nSPS) is 23.1. The molecule has 3 heterocycles. The molecule has 0 aromatic carbocycles. The largest absolute Gasteiger partial charge is 0.468 e. The second-order valence-electron chi connectivity index (χ2n) is 6.60. The first-order valence-corrected chi connectivity index (χ1v) is 10.3. The number of guanidine groups is 1. The number of halogens is 1. The summed E-state index contributed by atoms with van der Waals surface area (Å²) in [4.78, 5) is 6.92. The Bertz CT molecular complexity index is 499. The Labute approximate surface area is 172 Å². The van der Waals surface area contributed by atoms with Gasteiger partial charge in [-0.1, -0.05) is 6.42 Å². The topological polar surface area (TPSA) is 52.8 Å². The van der Waals surface area contributed by atoms with E-state index in [1.165, 1.54) is 37.9 Å². The van der Waals surface area contributed by atoms with Crippen LogP contribution in [0.1, 0.15) is 43.9 Å². The Morgan fingerprint density at radius 3 is 2.80 bits per heavy atom. The van der Waals surface area contributed by atoms with Crippen molar-refractivity contribution in [1.82, 2.24) is 15.5 Å². The van der Waals surface area contributed by atoms with Crippen LogP contribution in [-0.2, 0) is 0 Å². The second-order valence-corrected chi connectivity index (χ2v) is 8.01. The lowest BCUT2D eigenvalue weighted by atomic mass is 10.1. The number of likely N-dealkylation sites (tertiary alicyclic amines) is 1. The molecule has 5 nitrogen and oxygen atoms in total. The van der Waals surface area contributed by atoms with E-state index in [9.17, 15) is 0 Å². The van der Waals surface area contributed by atoms with Crippen molar-refractivity contribution in [1.29, 1.82) is 0 Å². The molecule has 0 bridgehead atoms. The smallest absolute Gasteiger partial charge is 0.191 e. The number of furan rings is 1. The van der Waals surface area contributed by atoms with Gasteiger partial charge in [0.05, 0.1) is 12.3 Å². The Balaban J connectivity index is 0.00000225. The highest BCUT2D eigenvalue weighted by atomic mass is 127. The van der Waals surface area contributed by atoms with Crippen molar-refractivity contribution >= 4 is 41.7 Å². The molecule has 2 saturated heterocycles. The summed E-state index contributed by atoms with van der Waals surface area (Å²) in [6.45, 7) is 4.13. The fourth-order valence-electron chi connectivity index (χ4n) is 3.55. The maximum atomic E-state index is 5.71. The van der Waals surface area contributed by atoms with E-state index in [0.29, 0.717) is 0 Å². The minimum atomic E-state index is 0. The van der Waals surface area contributed by atoms with Crippen LogP contribution in [0.3, 0.4) is 0 Å². The van der Waals surface area contributed by atoms with E-state index in [0.717, 1.165) is 43.1 Å². The van der Waals surface area contributed by atoms with E-state index >= 15 is 0 Å². The molecule has 7 heteroatoms. The maximum Gasteiger partial charge on any atom is 0.191 e. The summed E-state index contributed by atoms with van der Waals surface area (Å²) in [6, 6.07) is 4.35. The summed E-state index contributed by atoms with van der Waals surface area (Å²) >= 11 is 2.07. The van der Waals surface area contributed by atoms with Gasteiger partial charge in [-0.05, 0) is 56.7 Å². The molecule has 2 aliphatic rings. The molecule has 0 saturated carbocycles. The highest BCUT2D eigenvalue weighted by Gasteiger charge is 2.24. The molecular weight excluding hydrogens is 447 g/mol. The minimum absolute atomic E-state index is 0. The Morgan fingerprint density at radius 2 is 2.16 bits per heavy atom. The monoisotopic (exact) mass is 478 g/mol. The standard InChI is InChI=1S/C18H30N4OS.HI/c1-19-18(20-13-15-7-6-12-24-15)21-14-16(17-8-5-11-23-17)22-9-3-2-4-10-22;/h5,8,11,15-16H,2-4,6-7,9-10,12-14H2,1H3,(H2,19,20,21);1H. The van der Waals surface area contributed by atoms with Crippen LogP contribution in [0.4, 0.5) is 0 Å². The molecule has 25 heavy (non-hydrogen) atoms. The number of hydrogen-bond acceptors (Lipinski definition) is 4. The predicted octanol–water partition coefficient (Wildman–Crippen LogP) is 3.49. The van der Waals surface area contributed by atoms with Crippen LogP contribution in [-0.4, -0.2) is 55.1 Å². The summed E-state index contributed by atoms with van der Waals surface area (Å²) in [6.07, 6.45) is 8.34. The molecule has 1 aromatic rings. The number of aliphatic imine (C=N–C) groups is 1. The first-order chi connectivity index (χ1) is 11.9. The van der Waals surface area contributed by atoms with Crippen molar-refractivity contribution in [3.05, 3.63) is 24.2 Å². The first kappa shape index (κ1) is 20.9. The van der Waals surface area contributed by atoms with Gasteiger partial charge in [-0.15, -0.1) is 24.0 Å². The van der Waals surface area contributed by atoms with Gasteiger partial charge in [0.1, 0.15) is 5.76 Å². The maximum absolute atomic E-state index is 5.71. The number of piperidine rings is 1. The Hall–Kier alpha value is -0.410. The molecule has 0 amide bonds. The zero-order chi connectivity index (χ0) is 16.6. The second kappa shape index (κ2) is 11.3. The van der Waals surface area contributed by atoms with Gasteiger partial charge in [0, 0.05) is 25.4 Å². The van der Waals surface area contributed by atoms with Crippen LogP contribution in [0.15, 0.2) is 27.8 Å². The molecule has 1 aromatic heterocycles. The summed E-state index contributed by atoms with van der Waals surface area (Å²) in [5, 5.41) is 7.72. The van der Waals surface area contributed by atoms with E-state index < -0.39 is 0 Å². The number of thioether (sulfide) groups is 1. The summed E-state index contributed by atoms with van der Waals surface area (Å²) in [7, 11) is 1.85. The molecule has 2 fully saturated rings. The highest BCUT2D eigenvalue weighted by Crippen LogP contribution is 2.26. The van der Waals surface area contributed by atoms with Crippen LogP contribution in [0.5, 0.6) is 0 Å². The fourth-order valence-corrected chi connectivity index (χ4v) is 4.75. The molecule has 142 valence electrons. The van der Waals surface area contributed by atoms with Crippen molar-refractivity contribution in [3.8, 4) is 0 Å². The molecular formula is C18H31IN4OS. The van der Waals surface area contributed by atoms with Crippen LogP contribution in [0.2, 0.25) is 0 Å². The lowest BCUT2D eigenvalue weighted by Gasteiger charge is -2.33.